The van der Waals surface area contributed by atoms with Crippen molar-refractivity contribution >= 4 is 11.7 Å². The third-order valence-corrected chi connectivity index (χ3v) is 2.19. The lowest BCUT2D eigenvalue weighted by atomic mass is 10.1. The van der Waals surface area contributed by atoms with Gasteiger partial charge in [0.1, 0.15) is 18.4 Å². The van der Waals surface area contributed by atoms with Crippen LogP contribution in [0.15, 0.2) is 30.8 Å². The van der Waals surface area contributed by atoms with Crippen molar-refractivity contribution in [1.29, 1.82) is 0 Å². The smallest absolute Gasteiger partial charge is 0.134 e. The summed E-state index contributed by atoms with van der Waals surface area (Å²) in [6, 6.07) is 7.19. The van der Waals surface area contributed by atoms with Crippen molar-refractivity contribution in [3.8, 4) is 5.75 Å². The van der Waals surface area contributed by atoms with Crippen molar-refractivity contribution in [2.75, 3.05) is 6.61 Å². The van der Waals surface area contributed by atoms with Crippen LogP contribution in [0.5, 0.6) is 5.75 Å². The fraction of sp³-hybridized carbons (Fsp3) is 0.308. The van der Waals surface area contributed by atoms with E-state index >= 15 is 0 Å². The number of carbonyl (C=O) groups is 1. The van der Waals surface area contributed by atoms with Gasteiger partial charge in [0.15, 0.2) is 0 Å². The molecule has 0 bridgehead atoms. The van der Waals surface area contributed by atoms with Gasteiger partial charge in [0.25, 0.3) is 0 Å². The molecule has 17 heavy (non-hydrogen) atoms. The first-order valence-corrected chi connectivity index (χ1v) is 5.35. The quantitative estimate of drug-likeness (QED) is 0.838. The number of benzene rings is 1. The first kappa shape index (κ1) is 13.1. The number of carbonyl (C=O) groups excluding carboxylic acids is 1. The maximum Gasteiger partial charge on any atom is 0.134 e. The van der Waals surface area contributed by atoms with E-state index in [1.54, 1.807) is 6.92 Å². The van der Waals surface area contributed by atoms with Gasteiger partial charge in [-0.25, -0.2) is 0 Å². The highest BCUT2D eigenvalue weighted by Gasteiger charge is 2.03. The molecule has 0 heterocycles. The second kappa shape index (κ2) is 5.94. The van der Waals surface area contributed by atoms with Gasteiger partial charge in [0.2, 0.25) is 0 Å². The van der Waals surface area contributed by atoms with Crippen LogP contribution in [0.1, 0.15) is 19.4 Å². The largest absolute Gasteiger partial charge is 0.530 e. The van der Waals surface area contributed by atoms with E-state index in [0.717, 1.165) is 11.1 Å². The molecule has 4 heteroatoms. The van der Waals surface area contributed by atoms with Crippen LogP contribution in [0.2, 0.25) is 0 Å². The van der Waals surface area contributed by atoms with Gasteiger partial charge in [-0.1, -0.05) is 24.3 Å². The van der Waals surface area contributed by atoms with E-state index < -0.39 is 6.09 Å². The molecule has 0 saturated carbocycles. The standard InChI is InChI=1S/C13H17NO3/c1-9(2)11-5-4-6-12(7-11)17-8-10(3)14-13(15)16/h4-7,10,14H,1,8H2,2-3H3,(H,15,16)/p-1. The maximum absolute atomic E-state index is 10.3. The molecule has 1 unspecified atom stereocenters. The van der Waals surface area contributed by atoms with Crippen molar-refractivity contribution in [3.63, 3.8) is 0 Å². The highest BCUT2D eigenvalue weighted by molar-refractivity contribution is 5.63. The Morgan fingerprint density at radius 2 is 2.29 bits per heavy atom. The molecule has 1 aromatic rings. The number of hydrogen-bond donors (Lipinski definition) is 1. The third kappa shape index (κ3) is 4.59. The third-order valence-electron chi connectivity index (χ3n) is 2.19. The Bertz CT molecular complexity index is 415. The zero-order valence-corrected chi connectivity index (χ0v) is 10.0. The fourth-order valence-corrected chi connectivity index (χ4v) is 1.32. The van der Waals surface area contributed by atoms with Gasteiger partial charge >= 0.3 is 0 Å². The van der Waals surface area contributed by atoms with Crippen LogP contribution >= 0.6 is 0 Å². The highest BCUT2D eigenvalue weighted by atomic mass is 16.5. The monoisotopic (exact) mass is 234 g/mol. The second-order valence-corrected chi connectivity index (χ2v) is 3.95. The number of amides is 1. The van der Waals surface area contributed by atoms with Crippen LogP contribution in [-0.2, 0) is 0 Å². The second-order valence-electron chi connectivity index (χ2n) is 3.95. The van der Waals surface area contributed by atoms with Crippen LogP contribution in [0, 0.1) is 0 Å². The average Bonchev–Trinajstić information content (AvgIpc) is 2.26. The van der Waals surface area contributed by atoms with Gasteiger partial charge in [-0.15, -0.1) is 0 Å². The van der Waals surface area contributed by atoms with Gasteiger partial charge in [-0.2, -0.15) is 0 Å². The number of ether oxygens (including phenoxy) is 1. The first-order valence-electron chi connectivity index (χ1n) is 5.35. The van der Waals surface area contributed by atoms with Crippen molar-refractivity contribution in [3.05, 3.63) is 36.4 Å². The van der Waals surface area contributed by atoms with Gasteiger partial charge < -0.3 is 20.0 Å². The number of hydrogen-bond acceptors (Lipinski definition) is 3. The molecule has 1 atom stereocenters. The van der Waals surface area contributed by atoms with E-state index in [2.05, 4.69) is 11.9 Å². The topological polar surface area (TPSA) is 61.4 Å². The molecular formula is C13H16NO3-. The predicted molar refractivity (Wildman–Crippen MR) is 64.6 cm³/mol. The minimum absolute atomic E-state index is 0.258. The predicted octanol–water partition coefficient (Wildman–Crippen LogP) is 1.42. The molecule has 0 aliphatic carbocycles. The molecular weight excluding hydrogens is 218 g/mol. The minimum Gasteiger partial charge on any atom is -0.530 e. The molecule has 0 aromatic heterocycles. The summed E-state index contributed by atoms with van der Waals surface area (Å²) in [5.74, 6) is 0.692. The summed E-state index contributed by atoms with van der Waals surface area (Å²) >= 11 is 0. The molecule has 1 rings (SSSR count). The minimum atomic E-state index is -1.29. The van der Waals surface area contributed by atoms with Gasteiger partial charge in [0.05, 0.1) is 6.04 Å². The lowest BCUT2D eigenvalue weighted by Gasteiger charge is -2.16. The van der Waals surface area contributed by atoms with Crippen molar-refractivity contribution < 1.29 is 14.6 Å². The number of rotatable bonds is 5. The molecule has 0 aliphatic rings. The maximum atomic E-state index is 10.3. The summed E-state index contributed by atoms with van der Waals surface area (Å²) < 4.78 is 5.46. The molecule has 0 fully saturated rings. The Balaban J connectivity index is 2.54. The van der Waals surface area contributed by atoms with Gasteiger partial charge in [0, 0.05) is 0 Å². The van der Waals surface area contributed by atoms with E-state index in [4.69, 9.17) is 4.74 Å². The first-order chi connectivity index (χ1) is 7.99. The Morgan fingerprint density at radius 3 is 2.88 bits per heavy atom. The fourth-order valence-electron chi connectivity index (χ4n) is 1.32. The van der Waals surface area contributed by atoms with Crippen LogP contribution < -0.4 is 15.2 Å². The zero-order chi connectivity index (χ0) is 12.8. The summed E-state index contributed by atoms with van der Waals surface area (Å²) in [6.45, 7) is 7.73. The SMILES string of the molecule is C=C(C)c1cccc(OCC(C)NC(=O)[O-])c1. The molecule has 0 radical (unpaired) electrons. The summed E-state index contributed by atoms with van der Waals surface area (Å²) in [6.07, 6.45) is -1.29. The summed E-state index contributed by atoms with van der Waals surface area (Å²) in [5, 5.41) is 12.5. The van der Waals surface area contributed by atoms with E-state index in [1.807, 2.05) is 31.2 Å². The van der Waals surface area contributed by atoms with E-state index in [-0.39, 0.29) is 12.6 Å². The van der Waals surface area contributed by atoms with Crippen LogP contribution in [0.3, 0.4) is 0 Å². The lowest BCUT2D eigenvalue weighted by Crippen LogP contribution is -2.44. The Hall–Kier alpha value is -1.97. The molecule has 1 N–H and O–H groups in total. The van der Waals surface area contributed by atoms with Crippen molar-refractivity contribution in [2.24, 2.45) is 0 Å². The molecule has 0 aliphatic heterocycles. The summed E-state index contributed by atoms with van der Waals surface area (Å²) in [4.78, 5) is 10.3. The molecule has 92 valence electrons. The van der Waals surface area contributed by atoms with Crippen LogP contribution in [0.4, 0.5) is 4.79 Å². The molecule has 0 saturated heterocycles. The van der Waals surface area contributed by atoms with Crippen molar-refractivity contribution in [2.45, 2.75) is 19.9 Å². The zero-order valence-electron chi connectivity index (χ0n) is 10.0. The number of allylic oxidation sites excluding steroid dienone is 1. The van der Waals surface area contributed by atoms with Crippen molar-refractivity contribution in [1.82, 2.24) is 5.32 Å². The molecule has 1 aromatic carbocycles. The molecule has 0 spiro atoms. The highest BCUT2D eigenvalue weighted by Crippen LogP contribution is 2.18. The lowest BCUT2D eigenvalue weighted by molar-refractivity contribution is -0.251. The summed E-state index contributed by atoms with van der Waals surface area (Å²) in [5.41, 5.74) is 1.96. The Kier molecular flexibility index (Phi) is 4.57. The summed E-state index contributed by atoms with van der Waals surface area (Å²) in [7, 11) is 0. The Morgan fingerprint density at radius 1 is 1.59 bits per heavy atom. The Labute approximate surface area is 101 Å². The van der Waals surface area contributed by atoms with Crippen LogP contribution in [-0.4, -0.2) is 18.7 Å². The van der Waals surface area contributed by atoms with Gasteiger partial charge in [-0.05, 0) is 31.5 Å². The van der Waals surface area contributed by atoms with Gasteiger partial charge in [-0.3, -0.25) is 0 Å². The normalized spacial score (nSPS) is 11.6. The average molecular weight is 234 g/mol. The van der Waals surface area contributed by atoms with E-state index in [9.17, 15) is 9.90 Å². The van der Waals surface area contributed by atoms with E-state index in [1.165, 1.54) is 0 Å². The van der Waals surface area contributed by atoms with E-state index in [0.29, 0.717) is 5.75 Å². The van der Waals surface area contributed by atoms with Crippen LogP contribution in [0.25, 0.3) is 5.57 Å². The number of carboxylic acid groups (broad SMARTS) is 1. The number of nitrogens with one attached hydrogen (secondary N) is 1. The molecule has 4 nitrogen and oxygen atoms in total. The molecule has 1 amide bonds.